The number of para-hydroxylation sites is 1. The van der Waals surface area contributed by atoms with Gasteiger partial charge in [-0.15, -0.1) is 6.58 Å². The molecule has 6 rings (SSSR count). The maximum atomic E-state index is 14.4. The molecular weight excluding hydrogens is 673 g/mol. The van der Waals surface area contributed by atoms with Crippen molar-refractivity contribution in [3.63, 3.8) is 0 Å². The Labute approximate surface area is 299 Å². The number of carbonyl (C=O) groups excluding carboxylic acids is 4. The van der Waals surface area contributed by atoms with E-state index >= 15 is 0 Å². The summed E-state index contributed by atoms with van der Waals surface area (Å²) in [6, 6.07) is 18.7. The fraction of sp³-hybridized carbons (Fsp3) is 0.306. The van der Waals surface area contributed by atoms with Gasteiger partial charge in [-0.2, -0.15) is 5.01 Å². The molecule has 15 heteroatoms. The molecule has 3 aromatic carbocycles. The van der Waals surface area contributed by atoms with Crippen molar-refractivity contribution in [2.24, 2.45) is 0 Å². The molecule has 0 unspecified atom stereocenters. The molecule has 5 amide bonds. The summed E-state index contributed by atoms with van der Waals surface area (Å²) in [6.07, 6.45) is 0.639. The number of rotatable bonds is 11. The van der Waals surface area contributed by atoms with Gasteiger partial charge < -0.3 is 35.2 Å². The molecule has 266 valence electrons. The SMILES string of the molecule is C=CCN(C(=O)NCc1ccc(OC)cc1)N1CC(=O)N2[C@@H](Cc3ccc(OC(=O)N(C)C)cc3)C(=O)N(Cc3cccc4sc(N)nc34)C[C@@H]21. The van der Waals surface area contributed by atoms with Crippen LogP contribution < -0.4 is 20.5 Å². The highest BCUT2D eigenvalue weighted by atomic mass is 32.1. The second-order valence-corrected chi connectivity index (χ2v) is 13.5. The number of fused-ring (bicyclic) bond motifs is 2. The van der Waals surface area contributed by atoms with E-state index in [0.717, 1.165) is 26.9 Å². The molecule has 2 fully saturated rings. The molecule has 2 aliphatic rings. The van der Waals surface area contributed by atoms with Crippen molar-refractivity contribution in [3.05, 3.63) is 96.1 Å². The number of nitrogens with one attached hydrogen (secondary N) is 1. The number of hydrazine groups is 1. The Kier molecular flexibility index (Phi) is 10.4. The maximum Gasteiger partial charge on any atom is 0.414 e. The molecule has 2 saturated heterocycles. The second kappa shape index (κ2) is 15.1. The largest absolute Gasteiger partial charge is 0.497 e. The van der Waals surface area contributed by atoms with Gasteiger partial charge in [0.25, 0.3) is 0 Å². The summed E-state index contributed by atoms with van der Waals surface area (Å²) in [6.45, 7) is 4.51. The van der Waals surface area contributed by atoms with E-state index < -0.39 is 24.3 Å². The van der Waals surface area contributed by atoms with Crippen LogP contribution in [0.25, 0.3) is 10.2 Å². The standard InChI is InChI=1S/C36H40N8O6S/c1-5-17-42(35(47)38-19-24-11-13-26(49-4)14-12-24)43-22-31(45)44-28(18-23-9-15-27(16-10-23)50-36(48)40(2)3)33(46)41(21-30(43)44)20-25-7-6-8-29-32(25)39-34(37)51-29/h5-16,28,30H,1,17-22H2,2-4H3,(H2,37,39)(H,38,47)/t28-,30+/m0/s1. The summed E-state index contributed by atoms with van der Waals surface area (Å²) in [5.41, 5.74) is 9.22. The van der Waals surface area contributed by atoms with Crippen LogP contribution in [0.1, 0.15) is 16.7 Å². The smallest absolute Gasteiger partial charge is 0.414 e. The predicted molar refractivity (Wildman–Crippen MR) is 193 cm³/mol. The minimum absolute atomic E-state index is 0.107. The summed E-state index contributed by atoms with van der Waals surface area (Å²) < 4.78 is 11.5. The summed E-state index contributed by atoms with van der Waals surface area (Å²) >= 11 is 1.37. The highest BCUT2D eigenvalue weighted by molar-refractivity contribution is 7.22. The minimum Gasteiger partial charge on any atom is -0.497 e. The van der Waals surface area contributed by atoms with Gasteiger partial charge >= 0.3 is 12.1 Å². The number of hydrogen-bond acceptors (Lipinski definition) is 10. The number of benzene rings is 3. The van der Waals surface area contributed by atoms with Gasteiger partial charge in [-0.25, -0.2) is 14.6 Å². The number of nitrogens with two attached hydrogens (primary N) is 1. The van der Waals surface area contributed by atoms with E-state index in [0.29, 0.717) is 16.6 Å². The zero-order chi connectivity index (χ0) is 36.2. The molecule has 0 bridgehead atoms. The number of thiazole rings is 1. The Morgan fingerprint density at radius 3 is 2.45 bits per heavy atom. The Morgan fingerprint density at radius 1 is 1.06 bits per heavy atom. The molecule has 14 nitrogen and oxygen atoms in total. The van der Waals surface area contributed by atoms with Crippen molar-refractivity contribution in [1.82, 2.24) is 35.0 Å². The van der Waals surface area contributed by atoms with Gasteiger partial charge in [0.05, 0.1) is 37.0 Å². The van der Waals surface area contributed by atoms with Crippen LogP contribution in [-0.4, -0.2) is 107 Å². The number of anilines is 1. The van der Waals surface area contributed by atoms with Gasteiger partial charge in [-0.05, 0) is 47.0 Å². The molecule has 2 aliphatic heterocycles. The highest BCUT2D eigenvalue weighted by Crippen LogP contribution is 2.32. The van der Waals surface area contributed by atoms with Crippen molar-refractivity contribution in [2.45, 2.75) is 31.7 Å². The molecule has 0 spiro atoms. The first kappa shape index (κ1) is 35.2. The van der Waals surface area contributed by atoms with Crippen LogP contribution in [0.4, 0.5) is 14.7 Å². The number of hydrogen-bond donors (Lipinski definition) is 2. The minimum atomic E-state index is -0.871. The fourth-order valence-electron chi connectivity index (χ4n) is 6.29. The van der Waals surface area contributed by atoms with Crippen molar-refractivity contribution in [2.75, 3.05) is 46.6 Å². The number of amides is 5. The van der Waals surface area contributed by atoms with E-state index in [4.69, 9.17) is 15.2 Å². The number of urea groups is 1. The number of ether oxygens (including phenoxy) is 2. The molecule has 2 atom stereocenters. The lowest BCUT2D eigenvalue weighted by Crippen LogP contribution is -2.66. The molecule has 4 aromatic rings. The summed E-state index contributed by atoms with van der Waals surface area (Å²) in [5.74, 6) is 0.551. The molecule has 51 heavy (non-hydrogen) atoms. The molecule has 3 N–H and O–H groups in total. The van der Waals surface area contributed by atoms with Crippen LogP contribution in [0, 0.1) is 0 Å². The second-order valence-electron chi connectivity index (χ2n) is 12.4. The Bertz CT molecular complexity index is 1930. The molecule has 0 radical (unpaired) electrons. The van der Waals surface area contributed by atoms with Crippen molar-refractivity contribution < 1.29 is 28.7 Å². The number of methoxy groups -OCH3 is 1. The van der Waals surface area contributed by atoms with Crippen LogP contribution in [-0.2, 0) is 29.1 Å². The zero-order valence-electron chi connectivity index (χ0n) is 28.7. The van der Waals surface area contributed by atoms with Gasteiger partial charge in [0.2, 0.25) is 11.8 Å². The van der Waals surface area contributed by atoms with Crippen LogP contribution in [0.15, 0.2) is 79.4 Å². The normalized spacial score (nSPS) is 17.3. The molecule has 0 saturated carbocycles. The predicted octanol–water partition coefficient (Wildman–Crippen LogP) is 3.68. The lowest BCUT2D eigenvalue weighted by atomic mass is 9.99. The van der Waals surface area contributed by atoms with E-state index in [1.54, 1.807) is 66.4 Å². The summed E-state index contributed by atoms with van der Waals surface area (Å²) in [7, 11) is 4.77. The third kappa shape index (κ3) is 7.59. The molecule has 0 aliphatic carbocycles. The van der Waals surface area contributed by atoms with Crippen molar-refractivity contribution in [1.29, 1.82) is 0 Å². The van der Waals surface area contributed by atoms with Crippen molar-refractivity contribution >= 4 is 50.6 Å². The van der Waals surface area contributed by atoms with E-state index in [9.17, 15) is 19.2 Å². The monoisotopic (exact) mass is 712 g/mol. The Hall–Kier alpha value is -5.67. The van der Waals surface area contributed by atoms with Gasteiger partial charge in [0.1, 0.15) is 23.7 Å². The topological polar surface area (TPSA) is 154 Å². The number of carbonyl (C=O) groups is 4. The van der Waals surface area contributed by atoms with Crippen LogP contribution in [0.5, 0.6) is 11.5 Å². The first-order chi connectivity index (χ1) is 24.6. The third-order valence-corrected chi connectivity index (χ3v) is 9.67. The van der Waals surface area contributed by atoms with Crippen LogP contribution in [0.3, 0.4) is 0 Å². The number of piperazine rings is 1. The van der Waals surface area contributed by atoms with Crippen LogP contribution in [0.2, 0.25) is 0 Å². The third-order valence-electron chi connectivity index (χ3n) is 8.82. The lowest BCUT2D eigenvalue weighted by molar-refractivity contribution is -0.157. The average Bonchev–Trinajstić information content (AvgIpc) is 3.67. The average molecular weight is 713 g/mol. The molecule has 3 heterocycles. The molecule has 1 aromatic heterocycles. The van der Waals surface area contributed by atoms with Crippen LogP contribution >= 0.6 is 11.3 Å². The first-order valence-corrected chi connectivity index (χ1v) is 17.2. The zero-order valence-corrected chi connectivity index (χ0v) is 29.5. The number of nitrogens with zero attached hydrogens (tertiary/aromatic N) is 6. The van der Waals surface area contributed by atoms with E-state index in [-0.39, 0.29) is 51.0 Å². The lowest BCUT2D eigenvalue weighted by Gasteiger charge is -2.46. The van der Waals surface area contributed by atoms with Crippen molar-refractivity contribution in [3.8, 4) is 11.5 Å². The number of aromatic nitrogens is 1. The fourth-order valence-corrected chi connectivity index (χ4v) is 7.08. The quantitative estimate of drug-likeness (QED) is 0.222. The van der Waals surface area contributed by atoms with Gasteiger partial charge in [0.15, 0.2) is 5.13 Å². The van der Waals surface area contributed by atoms with Gasteiger partial charge in [-0.3, -0.25) is 14.6 Å². The summed E-state index contributed by atoms with van der Waals surface area (Å²) in [5, 5.41) is 6.57. The van der Waals surface area contributed by atoms with E-state index in [1.807, 2.05) is 42.5 Å². The Balaban J connectivity index is 1.29. The molecular formula is C36H40N8O6S. The van der Waals surface area contributed by atoms with Gasteiger partial charge in [-0.1, -0.05) is 53.8 Å². The van der Waals surface area contributed by atoms with Gasteiger partial charge in [0, 0.05) is 33.6 Å². The Morgan fingerprint density at radius 2 is 1.76 bits per heavy atom. The van der Waals surface area contributed by atoms with E-state index in [1.165, 1.54) is 21.2 Å². The first-order valence-electron chi connectivity index (χ1n) is 16.3. The maximum absolute atomic E-state index is 14.4. The van der Waals surface area contributed by atoms with E-state index in [2.05, 4.69) is 16.9 Å². The summed E-state index contributed by atoms with van der Waals surface area (Å²) in [4.78, 5) is 63.2. The highest BCUT2D eigenvalue weighted by Gasteiger charge is 2.52. The number of nitrogen functional groups attached to an aromatic ring is 1.